The van der Waals surface area contributed by atoms with E-state index in [1.165, 1.54) is 0 Å². The maximum Gasteiger partial charge on any atom is 0.260 e. The summed E-state index contributed by atoms with van der Waals surface area (Å²) in [6, 6.07) is 7.92. The van der Waals surface area contributed by atoms with Crippen LogP contribution in [0.15, 0.2) is 18.2 Å². The van der Waals surface area contributed by atoms with Gasteiger partial charge in [-0.2, -0.15) is 5.26 Å². The molecular formula is C16H17N3O3S. The van der Waals surface area contributed by atoms with E-state index in [-0.39, 0.29) is 19.2 Å². The number of fused-ring (bicyclic) bond motifs is 1. The van der Waals surface area contributed by atoms with Crippen LogP contribution >= 0.6 is 11.3 Å². The van der Waals surface area contributed by atoms with Crippen molar-refractivity contribution in [3.63, 3.8) is 0 Å². The van der Waals surface area contributed by atoms with Crippen molar-refractivity contribution < 1.29 is 14.3 Å². The minimum atomic E-state index is -0.529. The SMILES string of the molecule is COCC1OCN(c2ccc3nc(CCCC#N)sc3c2)C1=O. The van der Waals surface area contributed by atoms with Gasteiger partial charge in [0.05, 0.1) is 27.9 Å². The van der Waals surface area contributed by atoms with Crippen LogP contribution in [-0.2, 0) is 20.7 Å². The van der Waals surface area contributed by atoms with Gasteiger partial charge in [-0.05, 0) is 24.6 Å². The molecule has 0 N–H and O–H groups in total. The molecule has 0 saturated carbocycles. The highest BCUT2D eigenvalue weighted by molar-refractivity contribution is 7.18. The molecule has 1 amide bonds. The number of carbonyl (C=O) groups is 1. The number of unbranched alkanes of at least 4 members (excludes halogenated alkanes) is 1. The quantitative estimate of drug-likeness (QED) is 0.760. The Balaban J connectivity index is 1.78. The van der Waals surface area contributed by atoms with Gasteiger partial charge in [-0.15, -0.1) is 11.3 Å². The first kappa shape index (κ1) is 15.9. The number of aryl methyl sites for hydroxylation is 1. The molecule has 3 rings (SSSR count). The number of methoxy groups -OCH3 is 1. The Morgan fingerprint density at radius 1 is 1.57 bits per heavy atom. The first-order chi connectivity index (χ1) is 11.2. The van der Waals surface area contributed by atoms with E-state index in [1.54, 1.807) is 23.3 Å². The fourth-order valence-corrected chi connectivity index (χ4v) is 3.54. The summed E-state index contributed by atoms with van der Waals surface area (Å²) in [6.45, 7) is 0.507. The van der Waals surface area contributed by atoms with Gasteiger partial charge in [0.1, 0.15) is 6.73 Å². The molecule has 7 heteroatoms. The summed E-state index contributed by atoms with van der Waals surface area (Å²) in [7, 11) is 1.55. The van der Waals surface area contributed by atoms with Crippen molar-refractivity contribution >= 4 is 33.1 Å². The molecule has 23 heavy (non-hydrogen) atoms. The highest BCUT2D eigenvalue weighted by Crippen LogP contribution is 2.29. The van der Waals surface area contributed by atoms with Crippen molar-refractivity contribution in [2.75, 3.05) is 25.3 Å². The Hall–Kier alpha value is -2.01. The largest absolute Gasteiger partial charge is 0.381 e. The van der Waals surface area contributed by atoms with Gasteiger partial charge < -0.3 is 9.47 Å². The molecule has 1 atom stereocenters. The second-order valence-electron chi connectivity index (χ2n) is 5.28. The molecule has 0 spiro atoms. The van der Waals surface area contributed by atoms with E-state index in [2.05, 4.69) is 11.1 Å². The lowest BCUT2D eigenvalue weighted by Crippen LogP contribution is -2.31. The standard InChI is InChI=1S/C16H17N3O3S/c1-21-9-13-16(20)19(10-22-13)11-5-6-12-14(8-11)23-15(18-12)4-2-3-7-17/h5-6,8,13H,2-4,9-10H2,1H3. The summed E-state index contributed by atoms with van der Waals surface area (Å²) in [6.07, 6.45) is 1.64. The monoisotopic (exact) mass is 331 g/mol. The molecule has 0 radical (unpaired) electrons. The Morgan fingerprint density at radius 3 is 3.22 bits per heavy atom. The number of ether oxygens (including phenoxy) is 2. The number of nitriles is 1. The van der Waals surface area contributed by atoms with E-state index < -0.39 is 6.10 Å². The Kier molecular flexibility index (Phi) is 4.86. The van der Waals surface area contributed by atoms with Crippen molar-refractivity contribution in [3.8, 4) is 6.07 Å². The smallest absolute Gasteiger partial charge is 0.260 e. The third-order valence-electron chi connectivity index (χ3n) is 3.67. The molecule has 1 fully saturated rings. The first-order valence-electron chi connectivity index (χ1n) is 7.41. The summed E-state index contributed by atoms with van der Waals surface area (Å²) < 4.78 is 11.5. The number of amides is 1. The van der Waals surface area contributed by atoms with E-state index in [0.717, 1.165) is 33.8 Å². The first-order valence-corrected chi connectivity index (χ1v) is 8.23. The van der Waals surface area contributed by atoms with Gasteiger partial charge in [0.15, 0.2) is 6.10 Å². The van der Waals surface area contributed by atoms with E-state index in [4.69, 9.17) is 14.7 Å². The van der Waals surface area contributed by atoms with Crippen LogP contribution in [0.2, 0.25) is 0 Å². The lowest BCUT2D eigenvalue weighted by molar-refractivity contribution is -0.124. The van der Waals surface area contributed by atoms with Gasteiger partial charge in [0, 0.05) is 25.6 Å². The summed E-state index contributed by atoms with van der Waals surface area (Å²) in [5.41, 5.74) is 1.74. The average molecular weight is 331 g/mol. The molecule has 120 valence electrons. The number of benzene rings is 1. The Morgan fingerprint density at radius 2 is 2.43 bits per heavy atom. The number of nitrogens with zero attached hydrogens (tertiary/aromatic N) is 3. The van der Waals surface area contributed by atoms with Crippen LogP contribution in [0.1, 0.15) is 17.8 Å². The molecule has 1 aromatic heterocycles. The fourth-order valence-electron chi connectivity index (χ4n) is 2.50. The number of rotatable bonds is 6. The second-order valence-corrected chi connectivity index (χ2v) is 6.39. The molecule has 1 aliphatic rings. The summed E-state index contributed by atoms with van der Waals surface area (Å²) in [4.78, 5) is 18.5. The molecule has 0 bridgehead atoms. The second kappa shape index (κ2) is 7.04. The minimum Gasteiger partial charge on any atom is -0.381 e. The fraction of sp³-hybridized carbons (Fsp3) is 0.438. The van der Waals surface area contributed by atoms with Crippen LogP contribution in [0.25, 0.3) is 10.2 Å². The predicted octanol–water partition coefficient (Wildman–Crippen LogP) is 2.48. The van der Waals surface area contributed by atoms with E-state index in [9.17, 15) is 4.79 Å². The van der Waals surface area contributed by atoms with Gasteiger partial charge in [-0.1, -0.05) is 0 Å². The third-order valence-corrected chi connectivity index (χ3v) is 4.75. The lowest BCUT2D eigenvalue weighted by Gasteiger charge is -2.14. The summed E-state index contributed by atoms with van der Waals surface area (Å²) >= 11 is 1.61. The van der Waals surface area contributed by atoms with Crippen molar-refractivity contribution in [2.45, 2.75) is 25.4 Å². The van der Waals surface area contributed by atoms with Crippen LogP contribution in [0, 0.1) is 11.3 Å². The van der Waals surface area contributed by atoms with Crippen LogP contribution in [-0.4, -0.2) is 37.4 Å². The zero-order valence-electron chi connectivity index (χ0n) is 12.8. The maximum atomic E-state index is 12.3. The van der Waals surface area contributed by atoms with E-state index in [1.807, 2.05) is 18.2 Å². The zero-order chi connectivity index (χ0) is 16.2. The van der Waals surface area contributed by atoms with Gasteiger partial charge in [0.25, 0.3) is 5.91 Å². The molecule has 2 heterocycles. The van der Waals surface area contributed by atoms with E-state index in [0.29, 0.717) is 6.42 Å². The van der Waals surface area contributed by atoms with Gasteiger partial charge >= 0.3 is 0 Å². The van der Waals surface area contributed by atoms with Crippen LogP contribution in [0.5, 0.6) is 0 Å². The number of thiazole rings is 1. The number of anilines is 1. The highest BCUT2D eigenvalue weighted by atomic mass is 32.1. The molecule has 0 aliphatic carbocycles. The van der Waals surface area contributed by atoms with Crippen LogP contribution in [0.3, 0.4) is 0 Å². The normalized spacial score (nSPS) is 17.8. The summed E-state index contributed by atoms with van der Waals surface area (Å²) in [5.74, 6) is -0.0787. The Bertz CT molecular complexity index is 753. The van der Waals surface area contributed by atoms with E-state index >= 15 is 0 Å². The molecule has 1 unspecified atom stereocenters. The molecule has 2 aromatic rings. The number of hydrogen-bond donors (Lipinski definition) is 0. The highest BCUT2D eigenvalue weighted by Gasteiger charge is 2.33. The molecule has 1 aromatic carbocycles. The van der Waals surface area contributed by atoms with Crippen molar-refractivity contribution in [1.29, 1.82) is 5.26 Å². The van der Waals surface area contributed by atoms with Crippen molar-refractivity contribution in [2.24, 2.45) is 0 Å². The average Bonchev–Trinajstić information content (AvgIpc) is 3.11. The van der Waals surface area contributed by atoms with Gasteiger partial charge in [-0.25, -0.2) is 4.98 Å². The molecule has 1 aliphatic heterocycles. The number of carbonyl (C=O) groups excluding carboxylic acids is 1. The zero-order valence-corrected chi connectivity index (χ0v) is 13.6. The lowest BCUT2D eigenvalue weighted by atomic mass is 10.2. The molecule has 6 nitrogen and oxygen atoms in total. The minimum absolute atomic E-state index is 0.0787. The van der Waals surface area contributed by atoms with Crippen LogP contribution in [0.4, 0.5) is 5.69 Å². The van der Waals surface area contributed by atoms with Crippen molar-refractivity contribution in [1.82, 2.24) is 4.98 Å². The summed E-state index contributed by atoms with van der Waals surface area (Å²) in [5, 5.41) is 9.62. The van der Waals surface area contributed by atoms with Crippen molar-refractivity contribution in [3.05, 3.63) is 23.2 Å². The Labute approximate surface area is 138 Å². The number of aromatic nitrogens is 1. The third kappa shape index (κ3) is 3.34. The maximum absolute atomic E-state index is 12.3. The van der Waals surface area contributed by atoms with Crippen LogP contribution < -0.4 is 4.90 Å². The number of hydrogen-bond acceptors (Lipinski definition) is 6. The topological polar surface area (TPSA) is 75.5 Å². The molecular weight excluding hydrogens is 314 g/mol. The van der Waals surface area contributed by atoms with Gasteiger partial charge in [-0.3, -0.25) is 9.69 Å². The van der Waals surface area contributed by atoms with Gasteiger partial charge in [0.2, 0.25) is 0 Å². The molecule has 1 saturated heterocycles. The predicted molar refractivity (Wildman–Crippen MR) is 87.3 cm³/mol.